The first kappa shape index (κ1) is 23.7. The molecule has 2 fully saturated rings. The highest BCUT2D eigenvalue weighted by Gasteiger charge is 2.49. The monoisotopic (exact) mass is 496 g/mol. The Hall–Kier alpha value is -4.01. The normalized spacial score (nSPS) is 22.9. The summed E-state index contributed by atoms with van der Waals surface area (Å²) in [6, 6.07) is 6.06. The Labute approximate surface area is 205 Å². The summed E-state index contributed by atoms with van der Waals surface area (Å²) in [4.78, 5) is 30.5. The maximum Gasteiger partial charge on any atom is 0.274 e. The lowest BCUT2D eigenvalue weighted by Gasteiger charge is -2.36. The van der Waals surface area contributed by atoms with Crippen LogP contribution in [0.5, 0.6) is 0 Å². The number of aromatic nitrogens is 4. The number of hydrogen-bond donors (Lipinski definition) is 3. The van der Waals surface area contributed by atoms with Crippen molar-refractivity contribution in [3.63, 3.8) is 0 Å². The number of nitrogens with one attached hydrogen (secondary N) is 3. The molecular weight excluding hydrogens is 470 g/mol. The Kier molecular flexibility index (Phi) is 6.07. The minimum Gasteiger partial charge on any atom is -0.373 e. The Morgan fingerprint density at radius 3 is 2.83 bits per heavy atom. The summed E-state index contributed by atoms with van der Waals surface area (Å²) in [5.41, 5.74) is 0.250. The molecular formula is C24H26F2N8O2. The van der Waals surface area contributed by atoms with Crippen molar-refractivity contribution in [3.8, 4) is 6.07 Å². The van der Waals surface area contributed by atoms with Gasteiger partial charge in [0.2, 0.25) is 0 Å². The van der Waals surface area contributed by atoms with Gasteiger partial charge in [-0.1, -0.05) is 6.42 Å². The molecule has 3 aromatic heterocycles. The number of anilines is 3. The van der Waals surface area contributed by atoms with Gasteiger partial charge in [0.1, 0.15) is 22.9 Å². The van der Waals surface area contributed by atoms with Gasteiger partial charge in [0.25, 0.3) is 17.4 Å². The molecule has 3 N–H and O–H groups in total. The lowest BCUT2D eigenvalue weighted by atomic mass is 9.86. The molecule has 3 atom stereocenters. The lowest BCUT2D eigenvalue weighted by molar-refractivity contribution is -0.102. The van der Waals surface area contributed by atoms with E-state index in [0.29, 0.717) is 12.2 Å². The zero-order chi connectivity index (χ0) is 25.4. The number of amides is 1. The van der Waals surface area contributed by atoms with Crippen molar-refractivity contribution >= 4 is 28.9 Å². The van der Waals surface area contributed by atoms with E-state index in [1.807, 2.05) is 0 Å². The van der Waals surface area contributed by atoms with Gasteiger partial charge in [0.05, 0.1) is 18.3 Å². The van der Waals surface area contributed by atoms with Crippen molar-refractivity contribution in [3.05, 3.63) is 46.5 Å². The number of carbonyl (C=O) groups excluding carboxylic acids is 1. The van der Waals surface area contributed by atoms with E-state index in [0.717, 1.165) is 19.3 Å². The molecule has 1 amide bonds. The second-order valence-corrected chi connectivity index (χ2v) is 9.30. The highest BCUT2D eigenvalue weighted by molar-refractivity contribution is 6.00. The molecule has 0 unspecified atom stereocenters. The van der Waals surface area contributed by atoms with E-state index in [-0.39, 0.29) is 53.1 Å². The van der Waals surface area contributed by atoms with Gasteiger partial charge in [-0.3, -0.25) is 9.59 Å². The molecule has 10 nitrogen and oxygen atoms in total. The second-order valence-electron chi connectivity index (χ2n) is 9.30. The van der Waals surface area contributed by atoms with Crippen molar-refractivity contribution in [1.29, 1.82) is 5.26 Å². The Bertz CT molecular complexity index is 1410. The molecule has 2 saturated carbocycles. The standard InChI is InChI=1S/C24H26F2N8O2/c1-28-20-11-19(30-17-6-3-9-33(23(17)36)15-5-2-4-14(10-15)12-27)32-21-16(13-29-34(20)21)22(35)31-18-7-8-24(18,25)26/h3,6,9,11,13-15,18,28H,2,4-5,7-8,10H2,1H3,(H,30,32)(H,31,35)/t14-,15+,18-/m0/s1. The third-order valence-corrected chi connectivity index (χ3v) is 7.01. The summed E-state index contributed by atoms with van der Waals surface area (Å²) >= 11 is 0. The number of nitrogens with zero attached hydrogens (tertiary/aromatic N) is 5. The largest absolute Gasteiger partial charge is 0.373 e. The van der Waals surface area contributed by atoms with Gasteiger partial charge >= 0.3 is 0 Å². The molecule has 188 valence electrons. The summed E-state index contributed by atoms with van der Waals surface area (Å²) < 4.78 is 30.4. The minimum absolute atomic E-state index is 0.0491. The van der Waals surface area contributed by atoms with Crippen LogP contribution in [-0.2, 0) is 0 Å². The van der Waals surface area contributed by atoms with Crippen LogP contribution in [0, 0.1) is 17.2 Å². The molecule has 2 aliphatic rings. The maximum atomic E-state index is 13.7. The van der Waals surface area contributed by atoms with E-state index in [2.05, 4.69) is 32.1 Å². The average molecular weight is 497 g/mol. The molecule has 0 aromatic carbocycles. The molecule has 3 heterocycles. The van der Waals surface area contributed by atoms with Gasteiger partial charge < -0.3 is 20.5 Å². The lowest BCUT2D eigenvalue weighted by Crippen LogP contribution is -2.55. The van der Waals surface area contributed by atoms with E-state index in [9.17, 15) is 23.6 Å². The first-order valence-electron chi connectivity index (χ1n) is 11.9. The van der Waals surface area contributed by atoms with Crippen molar-refractivity contribution in [2.75, 3.05) is 17.7 Å². The molecule has 0 radical (unpaired) electrons. The SMILES string of the molecule is CNc1cc(Nc2cccn([C@@H]3CCC[C@H](C#N)C3)c2=O)nc2c(C(=O)N[C@H]3CCC3(F)F)cnn12. The van der Waals surface area contributed by atoms with Crippen LogP contribution in [0.15, 0.2) is 35.4 Å². The first-order chi connectivity index (χ1) is 17.3. The smallest absolute Gasteiger partial charge is 0.274 e. The van der Waals surface area contributed by atoms with Crippen molar-refractivity contribution < 1.29 is 13.6 Å². The van der Waals surface area contributed by atoms with Crippen molar-refractivity contribution in [2.45, 2.75) is 56.5 Å². The fourth-order valence-corrected chi connectivity index (χ4v) is 4.85. The van der Waals surface area contributed by atoms with Crippen LogP contribution < -0.4 is 21.5 Å². The van der Waals surface area contributed by atoms with E-state index in [1.165, 1.54) is 10.7 Å². The second kappa shape index (κ2) is 9.22. The molecule has 5 rings (SSSR count). The van der Waals surface area contributed by atoms with Crippen LogP contribution >= 0.6 is 0 Å². The first-order valence-corrected chi connectivity index (χ1v) is 11.9. The highest BCUT2D eigenvalue weighted by atomic mass is 19.3. The molecule has 0 saturated heterocycles. The van der Waals surface area contributed by atoms with E-state index >= 15 is 0 Å². The number of pyridine rings is 1. The number of hydrogen-bond acceptors (Lipinski definition) is 7. The zero-order valence-electron chi connectivity index (χ0n) is 19.7. The van der Waals surface area contributed by atoms with Crippen LogP contribution in [0.25, 0.3) is 5.65 Å². The third kappa shape index (κ3) is 4.25. The van der Waals surface area contributed by atoms with Gasteiger partial charge in [0.15, 0.2) is 5.65 Å². The van der Waals surface area contributed by atoms with Crippen LogP contribution in [0.3, 0.4) is 0 Å². The van der Waals surface area contributed by atoms with Gasteiger partial charge in [-0.05, 0) is 37.8 Å². The number of alkyl halides is 2. The van der Waals surface area contributed by atoms with E-state index in [1.54, 1.807) is 36.0 Å². The van der Waals surface area contributed by atoms with Crippen molar-refractivity contribution in [2.24, 2.45) is 5.92 Å². The predicted octanol–water partition coefficient (Wildman–Crippen LogP) is 3.46. The number of nitriles is 1. The number of rotatable bonds is 6. The van der Waals surface area contributed by atoms with Crippen LogP contribution in [-0.4, -0.2) is 44.1 Å². The Balaban J connectivity index is 1.45. The zero-order valence-corrected chi connectivity index (χ0v) is 19.7. The molecule has 36 heavy (non-hydrogen) atoms. The molecule has 0 aliphatic heterocycles. The van der Waals surface area contributed by atoms with Crippen molar-refractivity contribution in [1.82, 2.24) is 24.5 Å². The summed E-state index contributed by atoms with van der Waals surface area (Å²) in [5.74, 6) is -2.92. The molecule has 3 aromatic rings. The van der Waals surface area contributed by atoms with Crippen LogP contribution in [0.2, 0.25) is 0 Å². The highest BCUT2D eigenvalue weighted by Crippen LogP contribution is 2.37. The number of fused-ring (bicyclic) bond motifs is 1. The predicted molar refractivity (Wildman–Crippen MR) is 129 cm³/mol. The molecule has 0 spiro atoms. The molecule has 2 aliphatic carbocycles. The maximum absolute atomic E-state index is 13.7. The van der Waals surface area contributed by atoms with Gasteiger partial charge in [-0.2, -0.15) is 14.9 Å². The Morgan fingerprint density at radius 1 is 1.31 bits per heavy atom. The fourth-order valence-electron chi connectivity index (χ4n) is 4.85. The summed E-state index contributed by atoms with van der Waals surface area (Å²) in [5, 5.41) is 21.9. The van der Waals surface area contributed by atoms with Crippen LogP contribution in [0.1, 0.15) is 54.9 Å². The Morgan fingerprint density at radius 2 is 2.14 bits per heavy atom. The number of carbonyl (C=O) groups is 1. The quantitative estimate of drug-likeness (QED) is 0.477. The summed E-state index contributed by atoms with van der Waals surface area (Å²) in [6.07, 6.45) is 6.14. The van der Waals surface area contributed by atoms with E-state index in [4.69, 9.17) is 0 Å². The summed E-state index contributed by atoms with van der Waals surface area (Å²) in [7, 11) is 1.67. The topological polar surface area (TPSA) is 129 Å². The number of halogens is 2. The van der Waals surface area contributed by atoms with Gasteiger partial charge in [-0.25, -0.2) is 13.8 Å². The van der Waals surface area contributed by atoms with Gasteiger partial charge in [-0.15, -0.1) is 0 Å². The molecule has 0 bridgehead atoms. The minimum atomic E-state index is -2.92. The van der Waals surface area contributed by atoms with E-state index < -0.39 is 17.9 Å². The fraction of sp³-hybridized carbons (Fsp3) is 0.458. The molecule has 12 heteroatoms. The average Bonchev–Trinajstić information content (AvgIpc) is 3.31. The summed E-state index contributed by atoms with van der Waals surface area (Å²) in [6.45, 7) is 0. The third-order valence-electron chi connectivity index (χ3n) is 7.01. The van der Waals surface area contributed by atoms with Crippen LogP contribution in [0.4, 0.5) is 26.1 Å². The van der Waals surface area contributed by atoms with Gasteiger partial charge in [0, 0.05) is 37.7 Å².